The summed E-state index contributed by atoms with van der Waals surface area (Å²) in [7, 11) is 0. The van der Waals surface area contributed by atoms with Gasteiger partial charge in [-0.05, 0) is 31.6 Å². The van der Waals surface area contributed by atoms with E-state index in [1.807, 2.05) is 4.68 Å². The van der Waals surface area contributed by atoms with Crippen molar-refractivity contribution in [1.29, 1.82) is 0 Å². The number of hydrogen-bond donors (Lipinski definition) is 0. The van der Waals surface area contributed by atoms with Crippen molar-refractivity contribution >= 4 is 6.29 Å². The normalized spacial score (nSPS) is 11.4. The van der Waals surface area contributed by atoms with Gasteiger partial charge in [-0.1, -0.05) is 32.9 Å². The molecule has 4 nitrogen and oxygen atoms in total. The zero-order valence-corrected chi connectivity index (χ0v) is 11.3. The van der Waals surface area contributed by atoms with Crippen molar-refractivity contribution in [3.05, 3.63) is 11.4 Å². The van der Waals surface area contributed by atoms with E-state index in [0.29, 0.717) is 17.7 Å². The second-order valence-corrected chi connectivity index (χ2v) is 4.89. The number of carbonyl (C=O) groups excluding carboxylic acids is 1. The van der Waals surface area contributed by atoms with Gasteiger partial charge >= 0.3 is 0 Å². The molecule has 4 heteroatoms. The second kappa shape index (κ2) is 6.52. The zero-order valence-electron chi connectivity index (χ0n) is 11.3. The van der Waals surface area contributed by atoms with Gasteiger partial charge in [-0.3, -0.25) is 4.79 Å². The highest BCUT2D eigenvalue weighted by atomic mass is 16.1. The maximum Gasteiger partial charge on any atom is 0.172 e. The van der Waals surface area contributed by atoms with Gasteiger partial charge in [0.05, 0.1) is 11.7 Å². The molecule has 0 fully saturated rings. The van der Waals surface area contributed by atoms with Crippen LogP contribution in [0.3, 0.4) is 0 Å². The molecule has 0 N–H and O–H groups in total. The van der Waals surface area contributed by atoms with Crippen LogP contribution in [0.25, 0.3) is 0 Å². The minimum Gasteiger partial charge on any atom is -0.296 e. The van der Waals surface area contributed by atoms with Gasteiger partial charge in [0.1, 0.15) is 5.69 Å². The summed E-state index contributed by atoms with van der Waals surface area (Å²) in [6.45, 7) is 8.66. The van der Waals surface area contributed by atoms with E-state index >= 15 is 0 Å². The fraction of sp³-hybridized carbons (Fsp3) is 0.769. The van der Waals surface area contributed by atoms with Gasteiger partial charge in [-0.2, -0.15) is 0 Å². The average molecular weight is 237 g/mol. The molecule has 0 unspecified atom stereocenters. The first-order valence-corrected chi connectivity index (χ1v) is 6.53. The summed E-state index contributed by atoms with van der Waals surface area (Å²) < 4.78 is 1.95. The summed E-state index contributed by atoms with van der Waals surface area (Å²) >= 11 is 0. The number of rotatable bonds is 7. The maximum atomic E-state index is 11.0. The van der Waals surface area contributed by atoms with Crippen LogP contribution in [0.4, 0.5) is 0 Å². The topological polar surface area (TPSA) is 47.8 Å². The SMILES string of the molecule is CCC(CC)n1nnc(C=O)c1CCC(C)C. The molecule has 0 bridgehead atoms. The van der Waals surface area contributed by atoms with Crippen LogP contribution < -0.4 is 0 Å². The molecule has 96 valence electrons. The lowest BCUT2D eigenvalue weighted by atomic mass is 10.0. The zero-order chi connectivity index (χ0) is 12.8. The highest BCUT2D eigenvalue weighted by molar-refractivity contribution is 5.73. The fourth-order valence-corrected chi connectivity index (χ4v) is 2.01. The van der Waals surface area contributed by atoms with Crippen LogP contribution >= 0.6 is 0 Å². The van der Waals surface area contributed by atoms with Gasteiger partial charge in [-0.15, -0.1) is 5.10 Å². The summed E-state index contributed by atoms with van der Waals surface area (Å²) in [5.74, 6) is 0.625. The molecule has 0 atom stereocenters. The van der Waals surface area contributed by atoms with Crippen molar-refractivity contribution in [2.24, 2.45) is 5.92 Å². The number of nitrogens with zero attached hydrogens (tertiary/aromatic N) is 3. The molecule has 1 aromatic heterocycles. The first-order valence-electron chi connectivity index (χ1n) is 6.53. The van der Waals surface area contributed by atoms with E-state index in [1.165, 1.54) is 0 Å². The lowest BCUT2D eigenvalue weighted by Crippen LogP contribution is -2.13. The molecule has 0 aliphatic carbocycles. The maximum absolute atomic E-state index is 11.0. The standard InChI is InChI=1S/C13H23N3O/c1-5-11(6-2)16-13(8-7-10(3)4)12(9-17)14-15-16/h9-11H,5-8H2,1-4H3. The molecule has 1 aromatic rings. The van der Waals surface area contributed by atoms with E-state index in [1.54, 1.807) is 0 Å². The van der Waals surface area contributed by atoms with Crippen LogP contribution in [0.15, 0.2) is 0 Å². The Labute approximate surface area is 103 Å². The van der Waals surface area contributed by atoms with Crippen LogP contribution in [0.2, 0.25) is 0 Å². The van der Waals surface area contributed by atoms with E-state index in [4.69, 9.17) is 0 Å². The molecule has 17 heavy (non-hydrogen) atoms. The Kier molecular flexibility index (Phi) is 5.32. The summed E-state index contributed by atoms with van der Waals surface area (Å²) in [5, 5.41) is 8.12. The van der Waals surface area contributed by atoms with Crippen molar-refractivity contribution in [3.8, 4) is 0 Å². The quantitative estimate of drug-likeness (QED) is 0.685. The Bertz CT molecular complexity index is 354. The van der Waals surface area contributed by atoms with Crippen LogP contribution in [0.1, 0.15) is 69.2 Å². The third-order valence-corrected chi connectivity index (χ3v) is 3.18. The minimum absolute atomic E-state index is 0.360. The predicted molar refractivity (Wildman–Crippen MR) is 68.2 cm³/mol. The van der Waals surface area contributed by atoms with Gasteiger partial charge in [0.2, 0.25) is 0 Å². The number of carbonyl (C=O) groups is 1. The third kappa shape index (κ3) is 3.38. The Balaban J connectivity index is 2.96. The summed E-state index contributed by atoms with van der Waals surface area (Å²) in [5.41, 5.74) is 1.51. The van der Waals surface area contributed by atoms with Gasteiger partial charge in [0, 0.05) is 0 Å². The Morgan fingerprint density at radius 1 is 1.29 bits per heavy atom. The largest absolute Gasteiger partial charge is 0.296 e. The molecule has 0 saturated carbocycles. The van der Waals surface area contributed by atoms with E-state index in [9.17, 15) is 4.79 Å². The van der Waals surface area contributed by atoms with Crippen LogP contribution in [-0.2, 0) is 6.42 Å². The van der Waals surface area contributed by atoms with E-state index in [-0.39, 0.29) is 0 Å². The van der Waals surface area contributed by atoms with E-state index in [2.05, 4.69) is 38.0 Å². The smallest absolute Gasteiger partial charge is 0.172 e. The molecule has 0 aromatic carbocycles. The van der Waals surface area contributed by atoms with Gasteiger partial charge in [0.25, 0.3) is 0 Å². The molecule has 1 rings (SSSR count). The molecule has 0 spiro atoms. The number of hydrogen-bond acceptors (Lipinski definition) is 3. The lowest BCUT2D eigenvalue weighted by molar-refractivity contribution is 0.111. The molecule has 1 heterocycles. The Morgan fingerprint density at radius 3 is 2.41 bits per heavy atom. The first-order chi connectivity index (χ1) is 8.13. The molecule has 0 aliphatic rings. The molecular formula is C13H23N3O. The molecule has 0 aliphatic heterocycles. The van der Waals surface area contributed by atoms with Crippen LogP contribution in [-0.4, -0.2) is 21.3 Å². The highest BCUT2D eigenvalue weighted by Crippen LogP contribution is 2.20. The van der Waals surface area contributed by atoms with Crippen molar-refractivity contribution in [1.82, 2.24) is 15.0 Å². The molecular weight excluding hydrogens is 214 g/mol. The van der Waals surface area contributed by atoms with Gasteiger partial charge < -0.3 is 0 Å². The predicted octanol–water partition coefficient (Wildman–Crippen LogP) is 3.04. The van der Waals surface area contributed by atoms with E-state index < -0.39 is 0 Å². The monoisotopic (exact) mass is 237 g/mol. The first kappa shape index (κ1) is 13.9. The molecule has 0 amide bonds. The fourth-order valence-electron chi connectivity index (χ4n) is 2.01. The summed E-state index contributed by atoms with van der Waals surface area (Å²) in [6.07, 6.45) is 4.81. The van der Waals surface area contributed by atoms with Crippen molar-refractivity contribution in [2.45, 2.75) is 59.4 Å². The van der Waals surface area contributed by atoms with Crippen molar-refractivity contribution in [2.75, 3.05) is 0 Å². The van der Waals surface area contributed by atoms with Crippen LogP contribution in [0.5, 0.6) is 0 Å². The van der Waals surface area contributed by atoms with Crippen molar-refractivity contribution in [3.63, 3.8) is 0 Å². The Hall–Kier alpha value is -1.19. The molecule has 0 radical (unpaired) electrons. The summed E-state index contributed by atoms with van der Waals surface area (Å²) in [6, 6.07) is 0.360. The minimum atomic E-state index is 0.360. The number of aromatic nitrogens is 3. The second-order valence-electron chi connectivity index (χ2n) is 4.89. The van der Waals surface area contributed by atoms with Crippen LogP contribution in [0, 0.1) is 5.92 Å². The molecule has 0 saturated heterocycles. The van der Waals surface area contributed by atoms with E-state index in [0.717, 1.165) is 37.7 Å². The van der Waals surface area contributed by atoms with Gasteiger partial charge in [0.15, 0.2) is 6.29 Å². The average Bonchev–Trinajstić information content (AvgIpc) is 2.71. The summed E-state index contributed by atoms with van der Waals surface area (Å²) in [4.78, 5) is 11.0. The van der Waals surface area contributed by atoms with Gasteiger partial charge in [-0.25, -0.2) is 4.68 Å². The third-order valence-electron chi connectivity index (χ3n) is 3.18. The number of aldehydes is 1. The van der Waals surface area contributed by atoms with Crippen molar-refractivity contribution < 1.29 is 4.79 Å². The Morgan fingerprint density at radius 2 is 1.94 bits per heavy atom. The highest BCUT2D eigenvalue weighted by Gasteiger charge is 2.17. The lowest BCUT2D eigenvalue weighted by Gasteiger charge is -2.16.